The van der Waals surface area contributed by atoms with Gasteiger partial charge in [0.2, 0.25) is 4.87 Å². The molecule has 2 aromatic carbocycles. The monoisotopic (exact) mass is 427 g/mol. The first kappa shape index (κ1) is 20.8. The number of thiocarbonyl (C=S) groups is 1. The Kier molecular flexibility index (Phi) is 6.00. The van der Waals surface area contributed by atoms with Crippen molar-refractivity contribution in [2.24, 2.45) is 5.92 Å². The molecular formula is C23H29N3OS2. The van der Waals surface area contributed by atoms with Gasteiger partial charge in [0.15, 0.2) is 4.99 Å². The highest BCUT2D eigenvalue weighted by molar-refractivity contribution is 7.92. The fourth-order valence-corrected chi connectivity index (χ4v) is 6.31. The van der Waals surface area contributed by atoms with E-state index in [1.807, 2.05) is 47.8 Å². The van der Waals surface area contributed by atoms with Gasteiger partial charge in [-0.15, -0.1) is 0 Å². The van der Waals surface area contributed by atoms with Crippen LogP contribution in [-0.2, 0) is 21.8 Å². The normalized spacial score (nSPS) is 25.1. The summed E-state index contributed by atoms with van der Waals surface area (Å²) < 4.78 is 16.0. The molecule has 6 heteroatoms. The molecule has 2 aromatic rings. The lowest BCUT2D eigenvalue weighted by molar-refractivity contribution is 0.392. The molecule has 29 heavy (non-hydrogen) atoms. The quantitative estimate of drug-likeness (QED) is 0.492. The maximum Gasteiger partial charge on any atom is 0.227 e. The summed E-state index contributed by atoms with van der Waals surface area (Å²) in [6.45, 7) is 2.55. The van der Waals surface area contributed by atoms with Gasteiger partial charge in [0.25, 0.3) is 0 Å². The summed E-state index contributed by atoms with van der Waals surface area (Å²) >= 11 is 4.53. The molecule has 3 unspecified atom stereocenters. The minimum atomic E-state index is -1.36. The number of benzene rings is 2. The summed E-state index contributed by atoms with van der Waals surface area (Å²) in [7, 11) is 1.92. The fraction of sp³-hybridized carbons (Fsp3) is 0.435. The van der Waals surface area contributed by atoms with E-state index in [2.05, 4.69) is 41.8 Å². The van der Waals surface area contributed by atoms with E-state index in [9.17, 15) is 4.55 Å². The van der Waals surface area contributed by atoms with Crippen molar-refractivity contribution in [1.82, 2.24) is 14.9 Å². The van der Waals surface area contributed by atoms with Crippen molar-refractivity contribution in [3.8, 4) is 0 Å². The van der Waals surface area contributed by atoms with Crippen LogP contribution in [0.3, 0.4) is 0 Å². The number of rotatable bonds is 8. The first-order valence-corrected chi connectivity index (χ1v) is 11.8. The zero-order valence-electron chi connectivity index (χ0n) is 17.1. The van der Waals surface area contributed by atoms with E-state index in [1.54, 1.807) is 0 Å². The summed E-state index contributed by atoms with van der Waals surface area (Å²) in [4.78, 5) is 0.0290. The smallest absolute Gasteiger partial charge is 0.227 e. The molecule has 1 aliphatic carbocycles. The van der Waals surface area contributed by atoms with E-state index in [-0.39, 0.29) is 0 Å². The average molecular weight is 428 g/mol. The van der Waals surface area contributed by atoms with Gasteiger partial charge in [0.1, 0.15) is 6.67 Å². The standard InChI is InChI=1S/C23H29N3OS2/c1-22(19-9-5-3-6-10-19)21(28)26(17-25-22)29(27)23(24-2,16-15-18-13-14-18)20-11-7-4-8-12-20/h3-12,18,24-25H,13-17H2,1-2H3. The molecule has 0 bridgehead atoms. The second-order valence-electron chi connectivity index (χ2n) is 8.18. The third-order valence-electron chi connectivity index (χ3n) is 6.33. The molecule has 2 N–H and O–H groups in total. The van der Waals surface area contributed by atoms with Crippen LogP contribution >= 0.6 is 12.2 Å². The van der Waals surface area contributed by atoms with Crippen LogP contribution in [0.1, 0.15) is 43.7 Å². The summed E-state index contributed by atoms with van der Waals surface area (Å²) in [5.41, 5.74) is 1.65. The van der Waals surface area contributed by atoms with Gasteiger partial charge in [0, 0.05) is 12.0 Å². The van der Waals surface area contributed by atoms with Crippen molar-refractivity contribution >= 4 is 28.6 Å². The Bertz CT molecular complexity index is 846. The highest BCUT2D eigenvalue weighted by Gasteiger charge is 2.53. The van der Waals surface area contributed by atoms with Gasteiger partial charge in [-0.3, -0.25) is 10.6 Å². The maximum absolute atomic E-state index is 14.1. The van der Waals surface area contributed by atoms with Gasteiger partial charge in [0.05, 0.1) is 16.9 Å². The minimum Gasteiger partial charge on any atom is -0.591 e. The van der Waals surface area contributed by atoms with Gasteiger partial charge >= 0.3 is 0 Å². The molecule has 1 aliphatic heterocycles. The Labute approximate surface area is 182 Å². The zero-order chi connectivity index (χ0) is 20.5. The third kappa shape index (κ3) is 3.84. The van der Waals surface area contributed by atoms with Crippen LogP contribution in [-0.4, -0.2) is 27.6 Å². The molecule has 2 aliphatic rings. The highest BCUT2D eigenvalue weighted by Crippen LogP contribution is 2.43. The van der Waals surface area contributed by atoms with Crippen LogP contribution in [0.5, 0.6) is 0 Å². The van der Waals surface area contributed by atoms with Crippen molar-refractivity contribution in [3.63, 3.8) is 0 Å². The summed E-state index contributed by atoms with van der Waals surface area (Å²) in [5.74, 6) is 0.765. The second kappa shape index (κ2) is 8.36. The van der Waals surface area contributed by atoms with Crippen LogP contribution in [0.2, 0.25) is 0 Å². The Morgan fingerprint density at radius 1 is 1.17 bits per heavy atom. The van der Waals surface area contributed by atoms with E-state index < -0.39 is 21.8 Å². The van der Waals surface area contributed by atoms with Gasteiger partial charge in [-0.25, -0.2) is 0 Å². The van der Waals surface area contributed by atoms with E-state index in [4.69, 9.17) is 12.2 Å². The second-order valence-corrected chi connectivity index (χ2v) is 10.2. The van der Waals surface area contributed by atoms with E-state index in [0.717, 1.165) is 29.9 Å². The molecule has 1 saturated heterocycles. The molecule has 3 atom stereocenters. The van der Waals surface area contributed by atoms with E-state index >= 15 is 0 Å². The van der Waals surface area contributed by atoms with Crippen LogP contribution < -0.4 is 10.6 Å². The number of hydrogen-bond donors (Lipinski definition) is 2. The SMILES string of the molecule is CNC(CCC1CC1)(c1ccccc1)[S+]([O-])N1CNC(C)(c2ccccc2)C1=S. The molecule has 4 nitrogen and oxygen atoms in total. The predicted molar refractivity (Wildman–Crippen MR) is 124 cm³/mol. The third-order valence-corrected chi connectivity index (χ3v) is 9.02. The maximum atomic E-state index is 14.1. The van der Waals surface area contributed by atoms with Crippen LogP contribution in [0.25, 0.3) is 0 Å². The van der Waals surface area contributed by atoms with Crippen LogP contribution in [0.15, 0.2) is 60.7 Å². The lowest BCUT2D eigenvalue weighted by Gasteiger charge is -2.39. The molecule has 1 heterocycles. The Morgan fingerprint density at radius 2 is 1.79 bits per heavy atom. The lowest BCUT2D eigenvalue weighted by Crippen LogP contribution is -2.55. The first-order chi connectivity index (χ1) is 14.0. The zero-order valence-corrected chi connectivity index (χ0v) is 18.7. The first-order valence-electron chi connectivity index (χ1n) is 10.3. The topological polar surface area (TPSA) is 50.4 Å². The van der Waals surface area contributed by atoms with Gasteiger partial charge in [-0.2, -0.15) is 4.31 Å². The summed E-state index contributed by atoms with van der Waals surface area (Å²) in [6.07, 6.45) is 4.48. The van der Waals surface area contributed by atoms with Gasteiger partial charge < -0.3 is 4.55 Å². The molecule has 0 radical (unpaired) electrons. The van der Waals surface area contributed by atoms with Crippen molar-refractivity contribution in [2.45, 2.75) is 43.0 Å². The number of nitrogens with zero attached hydrogens (tertiary/aromatic N) is 1. The van der Waals surface area contributed by atoms with Crippen molar-refractivity contribution < 1.29 is 4.55 Å². The van der Waals surface area contributed by atoms with E-state index in [0.29, 0.717) is 11.7 Å². The van der Waals surface area contributed by atoms with Crippen LogP contribution in [0, 0.1) is 5.92 Å². The van der Waals surface area contributed by atoms with E-state index in [1.165, 1.54) is 12.8 Å². The molecule has 4 rings (SSSR count). The van der Waals surface area contributed by atoms with Crippen molar-refractivity contribution in [3.05, 3.63) is 71.8 Å². The molecule has 2 fully saturated rings. The molecule has 154 valence electrons. The Morgan fingerprint density at radius 3 is 2.38 bits per heavy atom. The molecule has 0 spiro atoms. The van der Waals surface area contributed by atoms with Crippen LogP contribution in [0.4, 0.5) is 0 Å². The van der Waals surface area contributed by atoms with Gasteiger partial charge in [-0.05, 0) is 31.9 Å². The van der Waals surface area contributed by atoms with Gasteiger partial charge in [-0.1, -0.05) is 85.7 Å². The lowest BCUT2D eigenvalue weighted by atomic mass is 9.93. The van der Waals surface area contributed by atoms with Crippen molar-refractivity contribution in [2.75, 3.05) is 13.7 Å². The summed E-state index contributed by atoms with van der Waals surface area (Å²) in [5, 5.41) is 6.97. The number of nitrogens with one attached hydrogen (secondary N) is 2. The fourth-order valence-electron chi connectivity index (χ4n) is 4.16. The van der Waals surface area contributed by atoms with Crippen molar-refractivity contribution in [1.29, 1.82) is 0 Å². The Balaban J connectivity index is 1.65. The molecule has 0 amide bonds. The highest BCUT2D eigenvalue weighted by atomic mass is 32.2. The average Bonchev–Trinajstić information content (AvgIpc) is 3.55. The Hall–Kier alpha value is -1.44. The molecule has 0 aromatic heterocycles. The molecular weight excluding hydrogens is 398 g/mol. The summed E-state index contributed by atoms with van der Waals surface area (Å²) in [6, 6.07) is 20.4. The molecule has 1 saturated carbocycles. The number of hydrogen-bond acceptors (Lipinski definition) is 4. The minimum absolute atomic E-state index is 0.469. The largest absolute Gasteiger partial charge is 0.591 e. The predicted octanol–water partition coefficient (Wildman–Crippen LogP) is 4.02.